The van der Waals surface area contributed by atoms with Crippen LogP contribution in [0.2, 0.25) is 0 Å². The number of nitrogens with zero attached hydrogens (tertiary/aromatic N) is 1. The van der Waals surface area contributed by atoms with Gasteiger partial charge in [-0.05, 0) is 50.7 Å². The summed E-state index contributed by atoms with van der Waals surface area (Å²) in [7, 11) is 0. The molecule has 2 atom stereocenters. The van der Waals surface area contributed by atoms with Crippen LogP contribution < -0.4 is 4.90 Å². The topological polar surface area (TPSA) is 40.5 Å². The van der Waals surface area contributed by atoms with E-state index in [9.17, 15) is 9.90 Å². The van der Waals surface area contributed by atoms with Crippen LogP contribution >= 0.6 is 0 Å². The first-order chi connectivity index (χ1) is 9.08. The van der Waals surface area contributed by atoms with Gasteiger partial charge in [0.25, 0.3) is 0 Å². The highest BCUT2D eigenvalue weighted by Crippen LogP contribution is 2.43. The Balaban J connectivity index is 1.94. The molecule has 102 valence electrons. The van der Waals surface area contributed by atoms with Crippen molar-refractivity contribution in [3.63, 3.8) is 0 Å². The summed E-state index contributed by atoms with van der Waals surface area (Å²) in [5, 5.41) is 9.25. The Morgan fingerprint density at radius 1 is 1.16 bits per heavy atom. The van der Waals surface area contributed by atoms with Crippen molar-refractivity contribution in [3.8, 4) is 0 Å². The molecule has 2 bridgehead atoms. The molecule has 1 aromatic carbocycles. The Kier molecular flexibility index (Phi) is 3.00. The maximum Gasteiger partial charge on any atom is 0.306 e. The second-order valence-electron chi connectivity index (χ2n) is 6.04. The fourth-order valence-corrected chi connectivity index (χ4v) is 3.96. The molecule has 0 amide bonds. The van der Waals surface area contributed by atoms with E-state index in [2.05, 4.69) is 36.9 Å². The van der Waals surface area contributed by atoms with Gasteiger partial charge < -0.3 is 10.0 Å². The lowest BCUT2D eigenvalue weighted by molar-refractivity contribution is -0.142. The molecule has 0 aromatic heterocycles. The second-order valence-corrected chi connectivity index (χ2v) is 6.04. The van der Waals surface area contributed by atoms with E-state index in [1.54, 1.807) is 0 Å². The van der Waals surface area contributed by atoms with Crippen LogP contribution in [-0.4, -0.2) is 23.2 Å². The fourth-order valence-electron chi connectivity index (χ4n) is 3.96. The number of carbonyl (C=O) groups is 1. The molecule has 0 aliphatic carbocycles. The lowest BCUT2D eigenvalue weighted by Crippen LogP contribution is -2.45. The summed E-state index contributed by atoms with van der Waals surface area (Å²) in [5.41, 5.74) is 3.97. The zero-order chi connectivity index (χ0) is 13.6. The van der Waals surface area contributed by atoms with Gasteiger partial charge in [-0.15, -0.1) is 0 Å². The summed E-state index contributed by atoms with van der Waals surface area (Å²) in [6.45, 7) is 4.32. The first kappa shape index (κ1) is 12.5. The third-order valence-corrected chi connectivity index (χ3v) is 4.78. The Morgan fingerprint density at radius 3 is 2.16 bits per heavy atom. The minimum atomic E-state index is -0.613. The van der Waals surface area contributed by atoms with Gasteiger partial charge in [0, 0.05) is 17.8 Å². The SMILES string of the molecule is Cc1cccc(C)c1N1C2CCC1CC(C(=O)O)C2. The van der Waals surface area contributed by atoms with E-state index in [1.807, 2.05) is 0 Å². The Bertz CT molecular complexity index is 477. The molecule has 19 heavy (non-hydrogen) atoms. The van der Waals surface area contributed by atoms with Crippen LogP contribution in [0, 0.1) is 19.8 Å². The van der Waals surface area contributed by atoms with Crippen molar-refractivity contribution in [2.24, 2.45) is 5.92 Å². The molecule has 2 fully saturated rings. The highest BCUT2D eigenvalue weighted by molar-refractivity contribution is 5.71. The predicted molar refractivity (Wildman–Crippen MR) is 75.6 cm³/mol. The van der Waals surface area contributed by atoms with Crippen molar-refractivity contribution < 1.29 is 9.90 Å². The van der Waals surface area contributed by atoms with Crippen LogP contribution in [0.4, 0.5) is 5.69 Å². The van der Waals surface area contributed by atoms with Crippen molar-refractivity contribution >= 4 is 11.7 Å². The molecule has 0 radical (unpaired) electrons. The molecule has 3 nitrogen and oxygen atoms in total. The first-order valence-corrected chi connectivity index (χ1v) is 7.15. The molecule has 2 unspecified atom stereocenters. The number of carboxylic acids is 1. The molecular formula is C16H21NO2. The number of rotatable bonds is 2. The van der Waals surface area contributed by atoms with Gasteiger partial charge in [0.1, 0.15) is 0 Å². The van der Waals surface area contributed by atoms with E-state index in [1.165, 1.54) is 16.8 Å². The largest absolute Gasteiger partial charge is 0.481 e. The van der Waals surface area contributed by atoms with E-state index in [0.29, 0.717) is 12.1 Å². The van der Waals surface area contributed by atoms with Gasteiger partial charge >= 0.3 is 5.97 Å². The molecule has 2 saturated heterocycles. The summed E-state index contributed by atoms with van der Waals surface area (Å²) in [4.78, 5) is 13.7. The predicted octanol–water partition coefficient (Wildman–Crippen LogP) is 3.14. The highest BCUT2D eigenvalue weighted by atomic mass is 16.4. The summed E-state index contributed by atoms with van der Waals surface area (Å²) < 4.78 is 0. The van der Waals surface area contributed by atoms with E-state index in [-0.39, 0.29) is 5.92 Å². The number of hydrogen-bond donors (Lipinski definition) is 1. The lowest BCUT2D eigenvalue weighted by Gasteiger charge is -2.41. The Labute approximate surface area is 114 Å². The Morgan fingerprint density at radius 2 is 1.68 bits per heavy atom. The summed E-state index contributed by atoms with van der Waals surface area (Å²) >= 11 is 0. The van der Waals surface area contributed by atoms with Crippen molar-refractivity contribution in [1.29, 1.82) is 0 Å². The van der Waals surface area contributed by atoms with Gasteiger partial charge in [-0.3, -0.25) is 4.79 Å². The van der Waals surface area contributed by atoms with Crippen LogP contribution in [0.25, 0.3) is 0 Å². The van der Waals surface area contributed by atoms with Crippen LogP contribution in [0.1, 0.15) is 36.8 Å². The fraction of sp³-hybridized carbons (Fsp3) is 0.562. The van der Waals surface area contributed by atoms with Gasteiger partial charge in [-0.1, -0.05) is 18.2 Å². The van der Waals surface area contributed by atoms with Crippen molar-refractivity contribution in [3.05, 3.63) is 29.3 Å². The number of para-hydroxylation sites is 1. The number of piperidine rings is 1. The van der Waals surface area contributed by atoms with Gasteiger partial charge in [-0.25, -0.2) is 0 Å². The van der Waals surface area contributed by atoms with E-state index < -0.39 is 5.97 Å². The van der Waals surface area contributed by atoms with Gasteiger partial charge in [0.15, 0.2) is 0 Å². The molecule has 2 heterocycles. The molecule has 3 heteroatoms. The van der Waals surface area contributed by atoms with Gasteiger partial charge in [0.2, 0.25) is 0 Å². The maximum absolute atomic E-state index is 11.2. The normalized spacial score (nSPS) is 29.6. The molecule has 1 aromatic rings. The molecule has 3 rings (SSSR count). The average molecular weight is 259 g/mol. The summed E-state index contributed by atoms with van der Waals surface area (Å²) in [6, 6.07) is 7.25. The number of hydrogen-bond acceptors (Lipinski definition) is 2. The van der Waals surface area contributed by atoms with E-state index in [4.69, 9.17) is 0 Å². The second kappa shape index (κ2) is 4.55. The monoisotopic (exact) mass is 259 g/mol. The van der Waals surface area contributed by atoms with Crippen molar-refractivity contribution in [1.82, 2.24) is 0 Å². The standard InChI is InChI=1S/C16H21NO2/c1-10-4-3-5-11(2)15(10)17-13-6-7-14(17)9-12(8-13)16(18)19/h3-5,12-14H,6-9H2,1-2H3,(H,18,19). The van der Waals surface area contributed by atoms with Crippen LogP contribution in [0.5, 0.6) is 0 Å². The molecule has 1 N–H and O–H groups in total. The molecular weight excluding hydrogens is 238 g/mol. The minimum absolute atomic E-state index is 0.141. The van der Waals surface area contributed by atoms with Crippen molar-refractivity contribution in [2.45, 2.75) is 51.6 Å². The third-order valence-electron chi connectivity index (χ3n) is 4.78. The Hall–Kier alpha value is -1.51. The highest BCUT2D eigenvalue weighted by Gasteiger charge is 2.43. The van der Waals surface area contributed by atoms with Crippen LogP contribution in [0.3, 0.4) is 0 Å². The lowest BCUT2D eigenvalue weighted by atomic mass is 9.89. The van der Waals surface area contributed by atoms with Gasteiger partial charge in [0.05, 0.1) is 5.92 Å². The van der Waals surface area contributed by atoms with E-state index in [0.717, 1.165) is 25.7 Å². The average Bonchev–Trinajstić information content (AvgIpc) is 2.60. The number of fused-ring (bicyclic) bond motifs is 2. The third kappa shape index (κ3) is 2.01. The summed E-state index contributed by atoms with van der Waals surface area (Å²) in [5.74, 6) is -0.754. The zero-order valence-electron chi connectivity index (χ0n) is 11.6. The zero-order valence-corrected chi connectivity index (χ0v) is 11.6. The van der Waals surface area contributed by atoms with Crippen molar-refractivity contribution in [2.75, 3.05) is 4.90 Å². The van der Waals surface area contributed by atoms with E-state index >= 15 is 0 Å². The number of aliphatic carboxylic acids is 1. The minimum Gasteiger partial charge on any atom is -0.481 e. The maximum atomic E-state index is 11.2. The number of aryl methyl sites for hydroxylation is 2. The molecule has 2 aliphatic rings. The first-order valence-electron chi connectivity index (χ1n) is 7.15. The molecule has 0 spiro atoms. The molecule has 2 aliphatic heterocycles. The van der Waals surface area contributed by atoms with Crippen LogP contribution in [-0.2, 0) is 4.79 Å². The smallest absolute Gasteiger partial charge is 0.306 e. The summed E-state index contributed by atoms with van der Waals surface area (Å²) in [6.07, 6.45) is 3.89. The number of carboxylic acid groups (broad SMARTS) is 1. The number of anilines is 1. The quantitative estimate of drug-likeness (QED) is 0.887. The molecule has 0 saturated carbocycles. The number of benzene rings is 1. The van der Waals surface area contributed by atoms with Gasteiger partial charge in [-0.2, -0.15) is 0 Å². The van der Waals surface area contributed by atoms with Crippen LogP contribution in [0.15, 0.2) is 18.2 Å².